The van der Waals surface area contributed by atoms with Crippen LogP contribution in [0.3, 0.4) is 0 Å². The number of rotatable bonds is 4. The summed E-state index contributed by atoms with van der Waals surface area (Å²) in [6.07, 6.45) is 1.70. The first-order chi connectivity index (χ1) is 10.0. The molecule has 2 heterocycles. The van der Waals surface area contributed by atoms with Crippen molar-refractivity contribution in [2.24, 2.45) is 5.92 Å². The number of nitrogens with one attached hydrogen (secondary N) is 1. The van der Waals surface area contributed by atoms with Crippen molar-refractivity contribution in [2.45, 2.75) is 26.3 Å². The highest BCUT2D eigenvalue weighted by atomic mass is 16.5. The molecule has 0 unspecified atom stereocenters. The lowest BCUT2D eigenvalue weighted by Gasteiger charge is -2.30. The third-order valence-corrected chi connectivity index (χ3v) is 3.92. The molecular formula is C15H22N2O4. The smallest absolute Gasteiger partial charge is 0.374 e. The number of esters is 1. The van der Waals surface area contributed by atoms with Crippen LogP contribution in [0.1, 0.15) is 34.7 Å². The highest BCUT2D eigenvalue weighted by molar-refractivity contribution is 5.87. The topological polar surface area (TPSA) is 71.8 Å². The molecule has 21 heavy (non-hydrogen) atoms. The third-order valence-electron chi connectivity index (χ3n) is 3.92. The predicted octanol–water partition coefficient (Wildman–Crippen LogP) is 1.33. The number of piperidine rings is 1. The number of hydrogen-bond donors (Lipinski definition) is 1. The van der Waals surface area contributed by atoms with E-state index in [1.807, 2.05) is 13.0 Å². The van der Waals surface area contributed by atoms with E-state index in [0.29, 0.717) is 6.54 Å². The maximum atomic E-state index is 11.6. The van der Waals surface area contributed by atoms with Gasteiger partial charge in [0, 0.05) is 18.5 Å². The number of nitrogens with zero attached hydrogens (tertiary/aromatic N) is 1. The number of carbonyl (C=O) groups is 2. The summed E-state index contributed by atoms with van der Waals surface area (Å²) in [6.45, 7) is 4.19. The second-order valence-corrected chi connectivity index (χ2v) is 5.38. The van der Waals surface area contributed by atoms with Crippen LogP contribution in [-0.4, -0.2) is 44.0 Å². The van der Waals surface area contributed by atoms with Gasteiger partial charge in [-0.1, -0.05) is 0 Å². The van der Waals surface area contributed by atoms with Crippen molar-refractivity contribution in [3.05, 3.63) is 23.2 Å². The van der Waals surface area contributed by atoms with Gasteiger partial charge in [0.1, 0.15) is 5.76 Å². The Balaban J connectivity index is 1.92. The number of ether oxygens (including phenoxy) is 1. The van der Waals surface area contributed by atoms with E-state index in [-0.39, 0.29) is 17.6 Å². The molecule has 1 amide bonds. The SMILES string of the molecule is CNC(=O)C1CCN(Cc2cc(C)c(C(=O)OC)o2)CC1. The normalized spacial score (nSPS) is 16.7. The van der Waals surface area contributed by atoms with Crippen molar-refractivity contribution < 1.29 is 18.7 Å². The number of likely N-dealkylation sites (tertiary alicyclic amines) is 1. The van der Waals surface area contributed by atoms with Gasteiger partial charge < -0.3 is 14.5 Å². The van der Waals surface area contributed by atoms with Gasteiger partial charge in [0.2, 0.25) is 11.7 Å². The van der Waals surface area contributed by atoms with E-state index >= 15 is 0 Å². The summed E-state index contributed by atoms with van der Waals surface area (Å²) < 4.78 is 10.3. The molecule has 1 aliphatic heterocycles. The first kappa shape index (κ1) is 15.6. The average Bonchev–Trinajstić information content (AvgIpc) is 2.87. The standard InChI is InChI=1S/C15H22N2O4/c1-10-8-12(21-13(10)15(19)20-3)9-17-6-4-11(5-7-17)14(18)16-2/h8,11H,4-7,9H2,1-3H3,(H,16,18). The number of methoxy groups -OCH3 is 1. The van der Waals surface area contributed by atoms with Crippen molar-refractivity contribution in [3.63, 3.8) is 0 Å². The molecule has 0 saturated carbocycles. The Morgan fingerprint density at radius 3 is 2.67 bits per heavy atom. The first-order valence-electron chi connectivity index (χ1n) is 7.16. The second kappa shape index (κ2) is 6.76. The largest absolute Gasteiger partial charge is 0.463 e. The highest BCUT2D eigenvalue weighted by Gasteiger charge is 2.25. The van der Waals surface area contributed by atoms with Crippen LogP contribution in [0.2, 0.25) is 0 Å². The van der Waals surface area contributed by atoms with E-state index < -0.39 is 5.97 Å². The van der Waals surface area contributed by atoms with Gasteiger partial charge in [-0.05, 0) is 38.9 Å². The molecule has 6 heteroatoms. The zero-order valence-electron chi connectivity index (χ0n) is 12.8. The van der Waals surface area contributed by atoms with Gasteiger partial charge in [0.05, 0.1) is 13.7 Å². The summed E-state index contributed by atoms with van der Waals surface area (Å²) in [7, 11) is 3.02. The summed E-state index contributed by atoms with van der Waals surface area (Å²) in [4.78, 5) is 25.3. The van der Waals surface area contributed by atoms with Crippen LogP contribution in [0.4, 0.5) is 0 Å². The summed E-state index contributed by atoms with van der Waals surface area (Å²) in [5.41, 5.74) is 0.789. The number of carbonyl (C=O) groups excluding carboxylic acids is 2. The molecule has 1 aromatic heterocycles. The van der Waals surface area contributed by atoms with Crippen molar-refractivity contribution in [2.75, 3.05) is 27.2 Å². The van der Waals surface area contributed by atoms with Crippen LogP contribution in [0, 0.1) is 12.8 Å². The first-order valence-corrected chi connectivity index (χ1v) is 7.16. The fraction of sp³-hybridized carbons (Fsp3) is 0.600. The monoisotopic (exact) mass is 294 g/mol. The Morgan fingerprint density at radius 1 is 1.43 bits per heavy atom. The lowest BCUT2D eigenvalue weighted by molar-refractivity contribution is -0.125. The van der Waals surface area contributed by atoms with Crippen LogP contribution >= 0.6 is 0 Å². The zero-order chi connectivity index (χ0) is 15.4. The lowest BCUT2D eigenvalue weighted by atomic mass is 9.96. The van der Waals surface area contributed by atoms with Gasteiger partial charge in [-0.25, -0.2) is 4.79 Å². The Labute approximate surface area is 124 Å². The second-order valence-electron chi connectivity index (χ2n) is 5.38. The van der Waals surface area contributed by atoms with E-state index in [4.69, 9.17) is 4.42 Å². The quantitative estimate of drug-likeness (QED) is 0.848. The van der Waals surface area contributed by atoms with Crippen LogP contribution in [0.5, 0.6) is 0 Å². The van der Waals surface area contributed by atoms with Gasteiger partial charge in [-0.2, -0.15) is 0 Å². The molecule has 0 atom stereocenters. The minimum Gasteiger partial charge on any atom is -0.463 e. The van der Waals surface area contributed by atoms with Crippen molar-refractivity contribution in [1.29, 1.82) is 0 Å². The maximum absolute atomic E-state index is 11.6. The zero-order valence-corrected chi connectivity index (χ0v) is 12.8. The van der Waals surface area contributed by atoms with Crippen molar-refractivity contribution in [1.82, 2.24) is 10.2 Å². The van der Waals surface area contributed by atoms with Gasteiger partial charge in [0.15, 0.2) is 0 Å². The molecule has 1 fully saturated rings. The van der Waals surface area contributed by atoms with E-state index in [1.165, 1.54) is 7.11 Å². The molecule has 1 aromatic rings. The number of amides is 1. The fourth-order valence-electron chi connectivity index (χ4n) is 2.70. The molecule has 116 valence electrons. The number of furan rings is 1. The van der Waals surface area contributed by atoms with E-state index in [1.54, 1.807) is 7.05 Å². The molecule has 1 aliphatic rings. The van der Waals surface area contributed by atoms with Gasteiger partial charge in [0.25, 0.3) is 0 Å². The van der Waals surface area contributed by atoms with Crippen LogP contribution in [0.15, 0.2) is 10.5 Å². The fourth-order valence-corrected chi connectivity index (χ4v) is 2.70. The lowest BCUT2D eigenvalue weighted by Crippen LogP contribution is -2.39. The Hall–Kier alpha value is -1.82. The average molecular weight is 294 g/mol. The summed E-state index contributed by atoms with van der Waals surface area (Å²) in [6, 6.07) is 1.87. The van der Waals surface area contributed by atoms with Gasteiger partial charge in [-0.15, -0.1) is 0 Å². The van der Waals surface area contributed by atoms with E-state index in [2.05, 4.69) is 15.0 Å². The van der Waals surface area contributed by atoms with Gasteiger partial charge in [-0.3, -0.25) is 9.69 Å². The Kier molecular flexibility index (Phi) is 5.01. The number of hydrogen-bond acceptors (Lipinski definition) is 5. The molecule has 0 radical (unpaired) electrons. The molecule has 2 rings (SSSR count). The van der Waals surface area contributed by atoms with Crippen molar-refractivity contribution in [3.8, 4) is 0 Å². The van der Waals surface area contributed by atoms with Gasteiger partial charge >= 0.3 is 5.97 Å². The molecule has 6 nitrogen and oxygen atoms in total. The molecule has 1 saturated heterocycles. The highest BCUT2D eigenvalue weighted by Crippen LogP contribution is 2.21. The van der Waals surface area contributed by atoms with Crippen molar-refractivity contribution >= 4 is 11.9 Å². The summed E-state index contributed by atoms with van der Waals surface area (Å²) in [5.74, 6) is 0.808. The molecular weight excluding hydrogens is 272 g/mol. The van der Waals surface area contributed by atoms with Crippen LogP contribution in [-0.2, 0) is 16.1 Å². The van der Waals surface area contributed by atoms with Crippen LogP contribution in [0.25, 0.3) is 0 Å². The summed E-state index contributed by atoms with van der Waals surface area (Å²) in [5, 5.41) is 2.70. The summed E-state index contributed by atoms with van der Waals surface area (Å²) >= 11 is 0. The maximum Gasteiger partial charge on any atom is 0.374 e. The molecule has 1 N–H and O–H groups in total. The third kappa shape index (κ3) is 3.64. The molecule has 0 spiro atoms. The predicted molar refractivity (Wildman–Crippen MR) is 76.9 cm³/mol. The van der Waals surface area contributed by atoms with E-state index in [0.717, 1.165) is 37.3 Å². The van der Waals surface area contributed by atoms with E-state index in [9.17, 15) is 9.59 Å². The molecule has 0 aliphatic carbocycles. The Morgan fingerprint density at radius 2 is 2.10 bits per heavy atom. The minimum absolute atomic E-state index is 0.107. The molecule has 0 bridgehead atoms. The van der Waals surface area contributed by atoms with Crippen LogP contribution < -0.4 is 5.32 Å². The minimum atomic E-state index is -0.447. The Bertz CT molecular complexity index is 516. The number of aryl methyl sites for hydroxylation is 1. The molecule has 0 aromatic carbocycles.